The number of hydrogen-bond acceptors (Lipinski definition) is 4. The molecule has 1 aromatic heterocycles. The lowest BCUT2D eigenvalue weighted by atomic mass is 10.1. The standard InChI is InChI=1S/C23H21N3O3/c1-16-12-17(2)26(23(28)21(16)13-24)14-22(27)25-19-8-10-20(11-9-19)29-15-18-6-4-3-5-7-18/h3-12H,14-15H2,1-2H3,(H,25,27). The fourth-order valence-corrected chi connectivity index (χ4v) is 2.98. The van der Waals surface area contributed by atoms with Crippen molar-refractivity contribution in [2.75, 3.05) is 5.32 Å². The third kappa shape index (κ3) is 4.90. The van der Waals surface area contributed by atoms with Crippen LogP contribution in [0.3, 0.4) is 0 Å². The average molecular weight is 387 g/mol. The van der Waals surface area contributed by atoms with Gasteiger partial charge in [0.05, 0.1) is 0 Å². The van der Waals surface area contributed by atoms with E-state index in [0.29, 0.717) is 29.3 Å². The lowest BCUT2D eigenvalue weighted by Crippen LogP contribution is -2.31. The molecule has 0 radical (unpaired) electrons. The Morgan fingerprint density at radius 1 is 1.10 bits per heavy atom. The van der Waals surface area contributed by atoms with E-state index < -0.39 is 5.56 Å². The van der Waals surface area contributed by atoms with Gasteiger partial charge in [-0.3, -0.25) is 9.59 Å². The molecule has 0 aliphatic heterocycles. The predicted molar refractivity (Wildman–Crippen MR) is 111 cm³/mol. The Morgan fingerprint density at radius 2 is 1.79 bits per heavy atom. The van der Waals surface area contributed by atoms with E-state index in [9.17, 15) is 9.59 Å². The fourth-order valence-electron chi connectivity index (χ4n) is 2.98. The molecule has 0 unspecified atom stereocenters. The van der Waals surface area contributed by atoms with E-state index in [4.69, 9.17) is 10.00 Å². The molecule has 0 aliphatic rings. The number of ether oxygens (including phenoxy) is 1. The lowest BCUT2D eigenvalue weighted by Gasteiger charge is -2.12. The van der Waals surface area contributed by atoms with Gasteiger partial charge in [-0.25, -0.2) is 0 Å². The topological polar surface area (TPSA) is 84.1 Å². The van der Waals surface area contributed by atoms with Gasteiger partial charge in [0.15, 0.2) is 0 Å². The first-order chi connectivity index (χ1) is 14.0. The van der Waals surface area contributed by atoms with Gasteiger partial charge in [0.25, 0.3) is 5.56 Å². The van der Waals surface area contributed by atoms with Gasteiger partial charge in [0, 0.05) is 11.4 Å². The van der Waals surface area contributed by atoms with Crippen LogP contribution in [0.25, 0.3) is 0 Å². The summed E-state index contributed by atoms with van der Waals surface area (Å²) in [6.45, 7) is 3.75. The molecule has 0 bridgehead atoms. The Kier molecular flexibility index (Phi) is 6.10. The van der Waals surface area contributed by atoms with Crippen molar-refractivity contribution in [1.29, 1.82) is 5.26 Å². The summed E-state index contributed by atoms with van der Waals surface area (Å²) < 4.78 is 7.03. The van der Waals surface area contributed by atoms with Crippen molar-refractivity contribution in [3.05, 3.63) is 93.4 Å². The number of benzene rings is 2. The van der Waals surface area contributed by atoms with Crippen LogP contribution in [0.1, 0.15) is 22.4 Å². The molecular formula is C23H21N3O3. The Hall–Kier alpha value is -3.85. The second kappa shape index (κ2) is 8.89. The van der Waals surface area contributed by atoms with Crippen LogP contribution in [-0.4, -0.2) is 10.5 Å². The van der Waals surface area contributed by atoms with Gasteiger partial charge in [0.1, 0.15) is 30.5 Å². The van der Waals surface area contributed by atoms with Crippen LogP contribution in [-0.2, 0) is 17.9 Å². The Bertz CT molecular complexity index is 1110. The molecule has 0 fully saturated rings. The Morgan fingerprint density at radius 3 is 2.45 bits per heavy atom. The quantitative estimate of drug-likeness (QED) is 0.701. The minimum atomic E-state index is -0.454. The van der Waals surface area contributed by atoms with Crippen LogP contribution < -0.4 is 15.6 Å². The second-order valence-electron chi connectivity index (χ2n) is 6.69. The smallest absolute Gasteiger partial charge is 0.269 e. The van der Waals surface area contributed by atoms with Crippen molar-refractivity contribution in [3.8, 4) is 11.8 Å². The SMILES string of the molecule is Cc1cc(C)n(CC(=O)Nc2ccc(OCc3ccccc3)cc2)c(=O)c1C#N. The Labute approximate surface area is 169 Å². The molecule has 1 amide bonds. The summed E-state index contributed by atoms with van der Waals surface area (Å²) in [5.74, 6) is 0.344. The number of carbonyl (C=O) groups is 1. The largest absolute Gasteiger partial charge is 0.489 e. The molecule has 29 heavy (non-hydrogen) atoms. The summed E-state index contributed by atoms with van der Waals surface area (Å²) in [6.07, 6.45) is 0. The first-order valence-corrected chi connectivity index (χ1v) is 9.15. The van der Waals surface area contributed by atoms with Crippen molar-refractivity contribution < 1.29 is 9.53 Å². The number of aromatic nitrogens is 1. The number of nitrogens with zero attached hydrogens (tertiary/aromatic N) is 2. The molecule has 0 aliphatic carbocycles. The number of hydrogen-bond donors (Lipinski definition) is 1. The summed E-state index contributed by atoms with van der Waals surface area (Å²) >= 11 is 0. The minimum Gasteiger partial charge on any atom is -0.489 e. The van der Waals surface area contributed by atoms with Gasteiger partial charge in [0.2, 0.25) is 5.91 Å². The van der Waals surface area contributed by atoms with Crippen LogP contribution in [0.15, 0.2) is 65.5 Å². The van der Waals surface area contributed by atoms with Crippen LogP contribution in [0, 0.1) is 25.2 Å². The molecule has 0 saturated carbocycles. The third-order valence-electron chi connectivity index (χ3n) is 4.50. The maximum atomic E-state index is 12.4. The summed E-state index contributed by atoms with van der Waals surface area (Å²) in [5.41, 5.74) is 2.51. The molecule has 6 nitrogen and oxygen atoms in total. The number of carbonyl (C=O) groups excluding carboxylic acids is 1. The number of nitrogens with one attached hydrogen (secondary N) is 1. The predicted octanol–water partition coefficient (Wildman–Crippen LogP) is 3.55. The molecule has 146 valence electrons. The zero-order valence-electron chi connectivity index (χ0n) is 16.3. The summed E-state index contributed by atoms with van der Waals surface area (Å²) in [4.78, 5) is 24.8. The molecule has 3 aromatic rings. The van der Waals surface area contributed by atoms with Crippen LogP contribution in [0.4, 0.5) is 5.69 Å². The number of aryl methyl sites for hydroxylation is 2. The van der Waals surface area contributed by atoms with E-state index in [2.05, 4.69) is 5.32 Å². The minimum absolute atomic E-state index is 0.0586. The highest BCUT2D eigenvalue weighted by Gasteiger charge is 2.13. The first-order valence-electron chi connectivity index (χ1n) is 9.15. The maximum absolute atomic E-state index is 12.4. The van der Waals surface area contributed by atoms with Crippen molar-refractivity contribution in [1.82, 2.24) is 4.57 Å². The molecule has 0 spiro atoms. The van der Waals surface area contributed by atoms with Crippen molar-refractivity contribution in [2.24, 2.45) is 0 Å². The van der Waals surface area contributed by atoms with Crippen molar-refractivity contribution >= 4 is 11.6 Å². The molecule has 0 saturated heterocycles. The normalized spacial score (nSPS) is 10.2. The van der Waals surface area contributed by atoms with Gasteiger partial charge < -0.3 is 14.6 Å². The van der Waals surface area contributed by atoms with Crippen molar-refractivity contribution in [2.45, 2.75) is 27.0 Å². The summed E-state index contributed by atoms with van der Waals surface area (Å²) in [7, 11) is 0. The highest BCUT2D eigenvalue weighted by atomic mass is 16.5. The number of pyridine rings is 1. The monoisotopic (exact) mass is 387 g/mol. The van der Waals surface area contributed by atoms with E-state index in [0.717, 1.165) is 5.56 Å². The van der Waals surface area contributed by atoms with Gasteiger partial charge in [-0.1, -0.05) is 30.3 Å². The molecular weight excluding hydrogens is 366 g/mol. The van der Waals surface area contributed by atoms with Crippen LogP contribution in [0.5, 0.6) is 5.75 Å². The fraction of sp³-hybridized carbons (Fsp3) is 0.174. The van der Waals surface area contributed by atoms with Gasteiger partial charge in [-0.05, 0) is 55.3 Å². The number of rotatable bonds is 6. The van der Waals surface area contributed by atoms with E-state index >= 15 is 0 Å². The lowest BCUT2D eigenvalue weighted by molar-refractivity contribution is -0.116. The van der Waals surface area contributed by atoms with Crippen molar-refractivity contribution in [3.63, 3.8) is 0 Å². The van der Waals surface area contributed by atoms with E-state index in [1.165, 1.54) is 4.57 Å². The first kappa shape index (κ1) is 19.9. The highest BCUT2D eigenvalue weighted by Crippen LogP contribution is 2.17. The zero-order chi connectivity index (χ0) is 20.8. The summed E-state index contributed by atoms with van der Waals surface area (Å²) in [6, 6.07) is 20.5. The zero-order valence-corrected chi connectivity index (χ0v) is 16.3. The molecule has 0 atom stereocenters. The molecule has 3 rings (SSSR count). The van der Waals surface area contributed by atoms with E-state index in [1.807, 2.05) is 36.4 Å². The van der Waals surface area contributed by atoms with Crippen LogP contribution in [0.2, 0.25) is 0 Å². The van der Waals surface area contributed by atoms with Crippen LogP contribution >= 0.6 is 0 Å². The number of anilines is 1. The highest BCUT2D eigenvalue weighted by molar-refractivity contribution is 5.90. The second-order valence-corrected chi connectivity index (χ2v) is 6.69. The summed E-state index contributed by atoms with van der Waals surface area (Å²) in [5, 5.41) is 11.9. The number of amides is 1. The van der Waals surface area contributed by atoms with E-state index in [-0.39, 0.29) is 18.0 Å². The van der Waals surface area contributed by atoms with Gasteiger partial charge in [-0.2, -0.15) is 5.26 Å². The molecule has 1 heterocycles. The molecule has 6 heteroatoms. The Balaban J connectivity index is 1.63. The third-order valence-corrected chi connectivity index (χ3v) is 4.50. The van der Waals surface area contributed by atoms with E-state index in [1.54, 1.807) is 44.2 Å². The van der Waals surface area contributed by atoms with Gasteiger partial charge in [-0.15, -0.1) is 0 Å². The average Bonchev–Trinajstić information content (AvgIpc) is 2.71. The molecule has 1 N–H and O–H groups in total. The maximum Gasteiger partial charge on any atom is 0.269 e. The number of nitriles is 1. The molecule has 2 aromatic carbocycles. The van der Waals surface area contributed by atoms with Gasteiger partial charge >= 0.3 is 0 Å².